The molecule has 3 aromatic rings. The molecule has 32 heavy (non-hydrogen) atoms. The number of aromatic nitrogens is 2. The van der Waals surface area contributed by atoms with Gasteiger partial charge < -0.3 is 20.8 Å². The maximum atomic E-state index is 13.6. The molecule has 2 atom stereocenters. The number of aromatic amines is 1. The smallest absolute Gasteiger partial charge is 0.273 e. The first-order valence-corrected chi connectivity index (χ1v) is 10.5. The molecule has 8 heteroatoms. The maximum absolute atomic E-state index is 13.6. The second-order valence-electron chi connectivity index (χ2n) is 8.94. The topological polar surface area (TPSA) is 127 Å². The number of benzene rings is 2. The van der Waals surface area contributed by atoms with Crippen molar-refractivity contribution in [3.05, 3.63) is 65.9 Å². The van der Waals surface area contributed by atoms with E-state index in [4.69, 9.17) is 5.11 Å². The summed E-state index contributed by atoms with van der Waals surface area (Å²) in [5, 5.41) is 32.2. The van der Waals surface area contributed by atoms with Gasteiger partial charge in [0, 0.05) is 18.4 Å². The lowest BCUT2D eigenvalue weighted by atomic mass is 9.69. The molecule has 0 aliphatic heterocycles. The Balaban J connectivity index is 2.02. The van der Waals surface area contributed by atoms with E-state index in [0.717, 1.165) is 11.1 Å². The van der Waals surface area contributed by atoms with Gasteiger partial charge in [-0.3, -0.25) is 14.7 Å². The molecule has 0 radical (unpaired) electrons. The number of nitrogens with zero attached hydrogens (tertiary/aromatic N) is 1. The number of hydrogen-bond donors (Lipinski definition) is 5. The molecule has 2 aromatic carbocycles. The van der Waals surface area contributed by atoms with Gasteiger partial charge in [0.25, 0.3) is 5.91 Å². The third kappa shape index (κ3) is 4.81. The SMILES string of the molecule is CC(C)(C)[C@](Cc1ccccc1)(NC(=O)c1n[nH]c2ccccc12)C(=O)NC[C@H](O)CO. The van der Waals surface area contributed by atoms with Gasteiger partial charge in [-0.2, -0.15) is 5.10 Å². The van der Waals surface area contributed by atoms with Gasteiger partial charge in [0.1, 0.15) is 5.54 Å². The average molecular weight is 439 g/mol. The summed E-state index contributed by atoms with van der Waals surface area (Å²) in [6, 6.07) is 16.7. The summed E-state index contributed by atoms with van der Waals surface area (Å²) < 4.78 is 0. The first-order valence-electron chi connectivity index (χ1n) is 10.5. The highest BCUT2D eigenvalue weighted by molar-refractivity contribution is 6.07. The van der Waals surface area contributed by atoms with E-state index >= 15 is 0 Å². The van der Waals surface area contributed by atoms with Crippen molar-refractivity contribution in [2.75, 3.05) is 13.2 Å². The van der Waals surface area contributed by atoms with Crippen LogP contribution >= 0.6 is 0 Å². The Bertz CT molecular complexity index is 1070. The maximum Gasteiger partial charge on any atom is 0.273 e. The quantitative estimate of drug-likeness (QED) is 0.366. The standard InChI is InChI=1S/C24H30N4O4/c1-23(2,3)24(13-16-9-5-4-6-10-16,22(32)25-14-17(30)15-29)26-21(31)20-18-11-7-8-12-19(18)27-28-20/h4-12,17,29-30H,13-15H2,1-3H3,(H,25,32)(H,26,31)(H,27,28)/t17-,24+/m0/s1. The molecule has 170 valence electrons. The van der Waals surface area contributed by atoms with Gasteiger partial charge in [0.2, 0.25) is 5.91 Å². The Hall–Kier alpha value is -3.23. The normalized spacial score (nSPS) is 14.5. The van der Waals surface area contributed by atoms with E-state index in [2.05, 4.69) is 20.8 Å². The molecule has 8 nitrogen and oxygen atoms in total. The van der Waals surface area contributed by atoms with Crippen LogP contribution in [-0.2, 0) is 11.2 Å². The number of amides is 2. The van der Waals surface area contributed by atoms with Gasteiger partial charge in [-0.25, -0.2) is 0 Å². The highest BCUT2D eigenvalue weighted by atomic mass is 16.3. The van der Waals surface area contributed by atoms with Gasteiger partial charge in [0.05, 0.1) is 18.2 Å². The molecule has 0 aliphatic carbocycles. The van der Waals surface area contributed by atoms with Crippen LogP contribution in [0.2, 0.25) is 0 Å². The van der Waals surface area contributed by atoms with Crippen molar-refractivity contribution in [1.29, 1.82) is 0 Å². The summed E-state index contributed by atoms with van der Waals surface area (Å²) in [6.45, 7) is 5.01. The van der Waals surface area contributed by atoms with Crippen LogP contribution in [0.15, 0.2) is 54.6 Å². The van der Waals surface area contributed by atoms with Crippen LogP contribution in [0.5, 0.6) is 0 Å². The third-order valence-electron chi connectivity index (χ3n) is 5.70. The number of rotatable bonds is 8. The molecule has 0 saturated heterocycles. The second-order valence-corrected chi connectivity index (χ2v) is 8.94. The van der Waals surface area contributed by atoms with Crippen molar-refractivity contribution in [1.82, 2.24) is 20.8 Å². The summed E-state index contributed by atoms with van der Waals surface area (Å²) >= 11 is 0. The van der Waals surface area contributed by atoms with Crippen molar-refractivity contribution in [3.63, 3.8) is 0 Å². The number of para-hydroxylation sites is 1. The average Bonchev–Trinajstić information content (AvgIpc) is 3.21. The van der Waals surface area contributed by atoms with Gasteiger partial charge in [-0.1, -0.05) is 69.3 Å². The number of fused-ring (bicyclic) bond motifs is 1. The fraction of sp³-hybridized carbons (Fsp3) is 0.375. The molecule has 1 heterocycles. The fourth-order valence-corrected chi connectivity index (χ4v) is 3.69. The minimum atomic E-state index is -1.36. The Morgan fingerprint density at radius 3 is 2.38 bits per heavy atom. The van der Waals surface area contributed by atoms with E-state index in [1.54, 1.807) is 6.07 Å². The lowest BCUT2D eigenvalue weighted by Gasteiger charge is -2.44. The predicted molar refractivity (Wildman–Crippen MR) is 122 cm³/mol. The third-order valence-corrected chi connectivity index (χ3v) is 5.70. The molecule has 0 bridgehead atoms. The molecule has 0 aliphatic rings. The molecule has 0 spiro atoms. The molecule has 3 rings (SSSR count). The van der Waals surface area contributed by atoms with E-state index in [9.17, 15) is 14.7 Å². The minimum Gasteiger partial charge on any atom is -0.394 e. The summed E-state index contributed by atoms with van der Waals surface area (Å²) in [4.78, 5) is 27.0. The Morgan fingerprint density at radius 1 is 1.06 bits per heavy atom. The molecule has 0 unspecified atom stereocenters. The van der Waals surface area contributed by atoms with E-state index < -0.39 is 35.5 Å². The summed E-state index contributed by atoms with van der Waals surface area (Å²) in [5.74, 6) is -0.930. The first kappa shape index (κ1) is 23.4. The Morgan fingerprint density at radius 2 is 1.72 bits per heavy atom. The zero-order valence-electron chi connectivity index (χ0n) is 18.6. The van der Waals surface area contributed by atoms with Crippen molar-refractivity contribution < 1.29 is 19.8 Å². The van der Waals surface area contributed by atoms with Crippen LogP contribution < -0.4 is 10.6 Å². The van der Waals surface area contributed by atoms with Crippen LogP contribution in [0.25, 0.3) is 10.9 Å². The van der Waals surface area contributed by atoms with Gasteiger partial charge in [-0.05, 0) is 17.0 Å². The van der Waals surface area contributed by atoms with Gasteiger partial charge >= 0.3 is 0 Å². The van der Waals surface area contributed by atoms with Gasteiger partial charge in [-0.15, -0.1) is 0 Å². The zero-order chi connectivity index (χ0) is 23.4. The van der Waals surface area contributed by atoms with Crippen LogP contribution in [-0.4, -0.2) is 57.0 Å². The number of carbonyl (C=O) groups excluding carboxylic acids is 2. The number of nitrogens with one attached hydrogen (secondary N) is 3. The molecule has 0 saturated carbocycles. The lowest BCUT2D eigenvalue weighted by molar-refractivity contribution is -0.132. The summed E-state index contributed by atoms with van der Waals surface area (Å²) in [5.41, 5.74) is -0.282. The van der Waals surface area contributed by atoms with Crippen LogP contribution in [0.1, 0.15) is 36.8 Å². The minimum absolute atomic E-state index is 0.136. The van der Waals surface area contributed by atoms with E-state index in [-0.39, 0.29) is 18.7 Å². The fourth-order valence-electron chi connectivity index (χ4n) is 3.69. The molecule has 5 N–H and O–H groups in total. The number of H-pyrrole nitrogens is 1. The van der Waals surface area contributed by atoms with Crippen molar-refractivity contribution in [3.8, 4) is 0 Å². The van der Waals surface area contributed by atoms with Gasteiger partial charge in [0.15, 0.2) is 5.69 Å². The molecule has 1 aromatic heterocycles. The summed E-state index contributed by atoms with van der Waals surface area (Å²) in [6.07, 6.45) is -0.869. The van der Waals surface area contributed by atoms with Crippen LogP contribution in [0.3, 0.4) is 0 Å². The van der Waals surface area contributed by atoms with Crippen LogP contribution in [0, 0.1) is 5.41 Å². The second kappa shape index (κ2) is 9.50. The molecule has 0 fully saturated rings. The van der Waals surface area contributed by atoms with E-state index in [1.165, 1.54) is 0 Å². The van der Waals surface area contributed by atoms with E-state index in [1.807, 2.05) is 69.3 Å². The summed E-state index contributed by atoms with van der Waals surface area (Å²) in [7, 11) is 0. The monoisotopic (exact) mass is 438 g/mol. The Labute approximate surface area is 187 Å². The number of carbonyl (C=O) groups is 2. The van der Waals surface area contributed by atoms with Crippen LogP contribution in [0.4, 0.5) is 0 Å². The molecule has 2 amide bonds. The highest BCUT2D eigenvalue weighted by Crippen LogP contribution is 2.35. The largest absolute Gasteiger partial charge is 0.394 e. The van der Waals surface area contributed by atoms with Crippen molar-refractivity contribution >= 4 is 22.7 Å². The van der Waals surface area contributed by atoms with E-state index in [0.29, 0.717) is 5.39 Å². The molecular weight excluding hydrogens is 408 g/mol. The number of aliphatic hydroxyl groups excluding tert-OH is 2. The number of aliphatic hydroxyl groups is 2. The Kier molecular flexibility index (Phi) is 6.96. The van der Waals surface area contributed by atoms with Crippen molar-refractivity contribution in [2.24, 2.45) is 5.41 Å². The molecular formula is C24H30N4O4. The highest BCUT2D eigenvalue weighted by Gasteiger charge is 2.50. The first-order chi connectivity index (χ1) is 15.2. The predicted octanol–water partition coefficient (Wildman–Crippen LogP) is 1.79. The van der Waals surface area contributed by atoms with Crippen molar-refractivity contribution in [2.45, 2.75) is 38.8 Å². The number of hydrogen-bond acceptors (Lipinski definition) is 5. The zero-order valence-corrected chi connectivity index (χ0v) is 18.6. The lowest BCUT2D eigenvalue weighted by Crippen LogP contribution is -2.67.